The Balaban J connectivity index is 2.30. The highest BCUT2D eigenvalue weighted by Gasteiger charge is 2.09. The summed E-state index contributed by atoms with van der Waals surface area (Å²) >= 11 is 1.03. The average Bonchev–Trinajstić information content (AvgIpc) is 2.48. The molecule has 0 amide bonds. The lowest BCUT2D eigenvalue weighted by atomic mass is 10.1. The predicted molar refractivity (Wildman–Crippen MR) is 79.6 cm³/mol. The van der Waals surface area contributed by atoms with Crippen LogP contribution in [0.4, 0.5) is 0 Å². The topological polar surface area (TPSA) is 85.1 Å². The molecule has 7 heteroatoms. The number of aryl methyl sites for hydroxylation is 1. The molecule has 1 N–H and O–H groups in total. The molecule has 0 fully saturated rings. The van der Waals surface area contributed by atoms with Gasteiger partial charge in [-0.15, -0.1) is 0 Å². The molecule has 0 bridgehead atoms. The molecule has 0 saturated heterocycles. The van der Waals surface area contributed by atoms with E-state index in [0.717, 1.165) is 29.4 Å². The number of carbonyl (C=O) groups is 1. The summed E-state index contributed by atoms with van der Waals surface area (Å²) in [6.07, 6.45) is 4.19. The molecular formula is C14H15N3O3S. The molecule has 0 saturated carbocycles. The maximum absolute atomic E-state index is 11.4. The van der Waals surface area contributed by atoms with E-state index in [-0.39, 0.29) is 11.3 Å². The van der Waals surface area contributed by atoms with E-state index in [9.17, 15) is 9.59 Å². The molecule has 21 heavy (non-hydrogen) atoms. The van der Waals surface area contributed by atoms with Gasteiger partial charge in [-0.2, -0.15) is 4.98 Å². The lowest BCUT2D eigenvalue weighted by Gasteiger charge is -2.12. The number of carboxylic acids is 1. The van der Waals surface area contributed by atoms with Crippen molar-refractivity contribution < 1.29 is 9.90 Å². The predicted octanol–water partition coefficient (Wildman–Crippen LogP) is 1.43. The number of carboxylic acid groups (broad SMARTS) is 1. The fourth-order valence-electron chi connectivity index (χ4n) is 1.87. The van der Waals surface area contributed by atoms with Gasteiger partial charge < -0.3 is 9.67 Å². The summed E-state index contributed by atoms with van der Waals surface area (Å²) in [5.74, 6) is -1.09. The second-order valence-electron chi connectivity index (χ2n) is 4.32. The van der Waals surface area contributed by atoms with E-state index < -0.39 is 5.97 Å². The number of pyridine rings is 1. The molecule has 0 unspecified atom stereocenters. The minimum Gasteiger partial charge on any atom is -0.481 e. The van der Waals surface area contributed by atoms with Crippen LogP contribution in [-0.4, -0.2) is 31.4 Å². The Morgan fingerprint density at radius 1 is 1.43 bits per heavy atom. The van der Waals surface area contributed by atoms with Gasteiger partial charge in [0, 0.05) is 18.5 Å². The highest BCUT2D eigenvalue weighted by molar-refractivity contribution is 7.99. The number of aromatic nitrogens is 3. The number of hydrogen-bond donors (Lipinski definition) is 1. The van der Waals surface area contributed by atoms with Gasteiger partial charge in [0.05, 0.1) is 18.0 Å². The molecule has 0 spiro atoms. The third kappa shape index (κ3) is 4.16. The van der Waals surface area contributed by atoms with Crippen LogP contribution in [0.25, 0.3) is 0 Å². The van der Waals surface area contributed by atoms with Crippen molar-refractivity contribution in [2.75, 3.05) is 5.75 Å². The molecular weight excluding hydrogens is 290 g/mol. The van der Waals surface area contributed by atoms with Crippen LogP contribution in [0.3, 0.4) is 0 Å². The van der Waals surface area contributed by atoms with Crippen molar-refractivity contribution in [3.8, 4) is 0 Å². The first-order chi connectivity index (χ1) is 10.1. The normalized spacial score (nSPS) is 10.5. The molecule has 0 aliphatic rings. The van der Waals surface area contributed by atoms with E-state index in [1.165, 1.54) is 6.07 Å². The van der Waals surface area contributed by atoms with Crippen LogP contribution in [0.2, 0.25) is 0 Å². The number of nitrogens with zero attached hydrogens (tertiary/aromatic N) is 3. The van der Waals surface area contributed by atoms with Crippen molar-refractivity contribution in [1.29, 1.82) is 0 Å². The first-order valence-corrected chi connectivity index (χ1v) is 7.43. The van der Waals surface area contributed by atoms with Crippen LogP contribution >= 0.6 is 11.8 Å². The van der Waals surface area contributed by atoms with Gasteiger partial charge in [0.15, 0.2) is 5.16 Å². The summed E-state index contributed by atoms with van der Waals surface area (Å²) in [4.78, 5) is 30.3. The number of aliphatic carboxylic acids is 1. The fraction of sp³-hybridized carbons (Fsp3) is 0.286. The lowest BCUT2D eigenvalue weighted by Crippen LogP contribution is -2.16. The minimum absolute atomic E-state index is 0.140. The highest BCUT2D eigenvalue weighted by atomic mass is 32.2. The average molecular weight is 305 g/mol. The third-order valence-corrected chi connectivity index (χ3v) is 3.83. The Morgan fingerprint density at radius 2 is 2.24 bits per heavy atom. The molecule has 2 rings (SSSR count). The Labute approximate surface area is 125 Å². The van der Waals surface area contributed by atoms with E-state index in [0.29, 0.717) is 11.7 Å². The molecule has 110 valence electrons. The van der Waals surface area contributed by atoms with Crippen LogP contribution in [0.5, 0.6) is 0 Å². The monoisotopic (exact) mass is 305 g/mol. The second-order valence-corrected chi connectivity index (χ2v) is 5.26. The van der Waals surface area contributed by atoms with Gasteiger partial charge in [-0.1, -0.05) is 24.8 Å². The van der Waals surface area contributed by atoms with E-state index in [4.69, 9.17) is 5.11 Å². The van der Waals surface area contributed by atoms with Crippen molar-refractivity contribution in [3.63, 3.8) is 0 Å². The van der Waals surface area contributed by atoms with E-state index in [2.05, 4.69) is 9.97 Å². The Kier molecular flexibility index (Phi) is 5.10. The summed E-state index contributed by atoms with van der Waals surface area (Å²) in [6, 6.07) is 5.24. The largest absolute Gasteiger partial charge is 0.481 e. The smallest absolute Gasteiger partial charge is 0.313 e. The maximum atomic E-state index is 11.4. The highest BCUT2D eigenvalue weighted by Crippen LogP contribution is 2.16. The van der Waals surface area contributed by atoms with E-state index in [1.807, 2.05) is 19.1 Å². The number of rotatable bonds is 6. The van der Waals surface area contributed by atoms with Gasteiger partial charge in [-0.25, -0.2) is 0 Å². The molecule has 0 atom stereocenters. The van der Waals surface area contributed by atoms with Crippen LogP contribution in [-0.2, 0) is 17.8 Å². The Morgan fingerprint density at radius 3 is 2.95 bits per heavy atom. The summed E-state index contributed by atoms with van der Waals surface area (Å²) < 4.78 is 1.75. The summed E-state index contributed by atoms with van der Waals surface area (Å²) in [7, 11) is 0. The summed E-state index contributed by atoms with van der Waals surface area (Å²) in [5, 5.41) is 9.15. The number of hydrogen-bond acceptors (Lipinski definition) is 5. The van der Waals surface area contributed by atoms with Gasteiger partial charge in [0.2, 0.25) is 0 Å². The SMILES string of the molecule is CCc1cccnc1Cn1ccc(=O)nc1SCC(=O)O. The van der Waals surface area contributed by atoms with Gasteiger partial charge in [-0.3, -0.25) is 14.6 Å². The Hall–Kier alpha value is -2.15. The number of thioether (sulfide) groups is 1. The van der Waals surface area contributed by atoms with Crippen LogP contribution in [0.15, 0.2) is 40.5 Å². The quantitative estimate of drug-likeness (QED) is 0.642. The zero-order chi connectivity index (χ0) is 15.2. The van der Waals surface area contributed by atoms with Gasteiger partial charge in [-0.05, 0) is 18.1 Å². The third-order valence-electron chi connectivity index (χ3n) is 2.86. The van der Waals surface area contributed by atoms with E-state index in [1.54, 1.807) is 17.0 Å². The summed E-state index contributed by atoms with van der Waals surface area (Å²) in [5.41, 5.74) is 1.63. The van der Waals surface area contributed by atoms with Crippen LogP contribution < -0.4 is 5.56 Å². The maximum Gasteiger partial charge on any atom is 0.313 e. The zero-order valence-electron chi connectivity index (χ0n) is 11.5. The lowest BCUT2D eigenvalue weighted by molar-refractivity contribution is -0.133. The molecule has 0 aliphatic heterocycles. The van der Waals surface area contributed by atoms with Crippen molar-refractivity contribution in [1.82, 2.24) is 14.5 Å². The molecule has 6 nitrogen and oxygen atoms in total. The first kappa shape index (κ1) is 15.2. The Bertz CT molecular complexity index is 700. The summed E-state index contributed by atoms with van der Waals surface area (Å²) in [6.45, 7) is 2.50. The van der Waals surface area contributed by atoms with Gasteiger partial charge in [0.25, 0.3) is 5.56 Å². The van der Waals surface area contributed by atoms with Crippen LogP contribution in [0.1, 0.15) is 18.2 Å². The second kappa shape index (κ2) is 7.03. The van der Waals surface area contributed by atoms with Crippen molar-refractivity contribution in [3.05, 3.63) is 52.2 Å². The van der Waals surface area contributed by atoms with Crippen molar-refractivity contribution in [2.45, 2.75) is 25.0 Å². The molecule has 0 aromatic carbocycles. The van der Waals surface area contributed by atoms with E-state index >= 15 is 0 Å². The fourth-order valence-corrected chi connectivity index (χ4v) is 2.57. The molecule has 2 aromatic rings. The van der Waals surface area contributed by atoms with Crippen molar-refractivity contribution >= 4 is 17.7 Å². The van der Waals surface area contributed by atoms with Crippen LogP contribution in [0, 0.1) is 0 Å². The molecule has 0 aliphatic carbocycles. The van der Waals surface area contributed by atoms with Crippen molar-refractivity contribution in [2.24, 2.45) is 0 Å². The zero-order valence-corrected chi connectivity index (χ0v) is 12.3. The first-order valence-electron chi connectivity index (χ1n) is 6.45. The molecule has 2 aromatic heterocycles. The molecule has 2 heterocycles. The van der Waals surface area contributed by atoms with Gasteiger partial charge in [0.1, 0.15) is 0 Å². The molecule has 0 radical (unpaired) electrons. The standard InChI is InChI=1S/C14H15N3O3S/c1-2-10-4-3-6-15-11(10)8-17-7-5-12(18)16-14(17)21-9-13(19)20/h3-7H,2,8-9H2,1H3,(H,19,20). The minimum atomic E-state index is -0.947. The van der Waals surface area contributed by atoms with Gasteiger partial charge >= 0.3 is 5.97 Å².